The number of hydrogen-bond donors (Lipinski definition) is 1. The van der Waals surface area contributed by atoms with Gasteiger partial charge in [-0.15, -0.1) is 0 Å². The molecule has 0 aliphatic carbocycles. The summed E-state index contributed by atoms with van der Waals surface area (Å²) in [7, 11) is 0. The molecule has 2 atom stereocenters. The van der Waals surface area contributed by atoms with Gasteiger partial charge in [0.1, 0.15) is 11.7 Å². The SMILES string of the molecule is CC(Cl)OC(c1ccccc1)c1ccccc1.c1ccc(C2CCNC2)cc1. The largest absolute Gasteiger partial charge is 0.350 e. The molecule has 1 heterocycles. The fourth-order valence-corrected chi connectivity index (χ4v) is 3.56. The topological polar surface area (TPSA) is 21.3 Å². The molecule has 28 heavy (non-hydrogen) atoms. The summed E-state index contributed by atoms with van der Waals surface area (Å²) in [4.78, 5) is 0. The third-order valence-corrected chi connectivity index (χ3v) is 4.96. The standard InChI is InChI=1S/C15H15ClO.C10H13N/c1-12(16)17-15(13-8-4-2-5-9-13)14-10-6-3-7-11-14;1-2-4-9(5-3-1)10-6-7-11-8-10/h2-12,15H,1H3;1-5,10-11H,6-8H2. The lowest BCUT2D eigenvalue weighted by atomic mass is 9.99. The minimum atomic E-state index is -0.319. The molecule has 2 unspecified atom stereocenters. The Labute approximate surface area is 173 Å². The molecule has 0 bridgehead atoms. The van der Waals surface area contributed by atoms with E-state index in [1.807, 2.05) is 43.3 Å². The lowest BCUT2D eigenvalue weighted by Gasteiger charge is -2.20. The molecule has 0 aromatic heterocycles. The van der Waals surface area contributed by atoms with Gasteiger partial charge in [0.05, 0.1) is 0 Å². The highest BCUT2D eigenvalue weighted by Gasteiger charge is 2.16. The van der Waals surface area contributed by atoms with E-state index in [1.54, 1.807) is 0 Å². The van der Waals surface area contributed by atoms with E-state index in [2.05, 4.69) is 59.9 Å². The van der Waals surface area contributed by atoms with Gasteiger partial charge < -0.3 is 10.1 Å². The smallest absolute Gasteiger partial charge is 0.129 e. The van der Waals surface area contributed by atoms with Gasteiger partial charge in [0, 0.05) is 6.54 Å². The molecule has 0 saturated carbocycles. The van der Waals surface area contributed by atoms with E-state index in [0.717, 1.165) is 23.6 Å². The van der Waals surface area contributed by atoms with E-state index in [1.165, 1.54) is 18.5 Å². The zero-order valence-corrected chi connectivity index (χ0v) is 17.1. The van der Waals surface area contributed by atoms with Gasteiger partial charge >= 0.3 is 0 Å². The summed E-state index contributed by atoms with van der Waals surface area (Å²) in [5.74, 6) is 0.760. The van der Waals surface area contributed by atoms with Gasteiger partial charge in [0.25, 0.3) is 0 Å². The van der Waals surface area contributed by atoms with E-state index in [4.69, 9.17) is 16.3 Å². The number of ether oxygens (including phenoxy) is 1. The van der Waals surface area contributed by atoms with Crippen LogP contribution in [0.25, 0.3) is 0 Å². The molecular formula is C25H28ClNO. The molecule has 146 valence electrons. The molecule has 0 amide bonds. The first-order valence-corrected chi connectivity index (χ1v) is 10.3. The van der Waals surface area contributed by atoms with Gasteiger partial charge in [0.2, 0.25) is 0 Å². The van der Waals surface area contributed by atoms with Crippen LogP contribution in [0.2, 0.25) is 0 Å². The molecule has 3 aromatic rings. The number of hydrogen-bond acceptors (Lipinski definition) is 2. The summed E-state index contributed by atoms with van der Waals surface area (Å²) in [5.41, 5.74) is 3.40. The van der Waals surface area contributed by atoms with Crippen LogP contribution in [0.1, 0.15) is 42.1 Å². The van der Waals surface area contributed by atoms with Crippen LogP contribution in [0.4, 0.5) is 0 Å². The van der Waals surface area contributed by atoms with Crippen molar-refractivity contribution in [3.05, 3.63) is 108 Å². The first-order valence-electron chi connectivity index (χ1n) is 9.89. The Bertz CT molecular complexity index is 747. The van der Waals surface area contributed by atoms with Crippen LogP contribution in [0.15, 0.2) is 91.0 Å². The second-order valence-corrected chi connectivity index (χ2v) is 7.60. The quantitative estimate of drug-likeness (QED) is 0.525. The van der Waals surface area contributed by atoms with E-state index >= 15 is 0 Å². The lowest BCUT2D eigenvalue weighted by molar-refractivity contribution is 0.0658. The Kier molecular flexibility index (Phi) is 8.10. The number of halogens is 1. The second-order valence-electron chi connectivity index (χ2n) is 6.98. The van der Waals surface area contributed by atoms with Crippen molar-refractivity contribution in [2.45, 2.75) is 30.9 Å². The Balaban J connectivity index is 0.000000176. The Morgan fingerprint density at radius 1 is 0.821 bits per heavy atom. The van der Waals surface area contributed by atoms with Gasteiger partial charge in [-0.1, -0.05) is 103 Å². The van der Waals surface area contributed by atoms with Crippen LogP contribution in [0.3, 0.4) is 0 Å². The fraction of sp³-hybridized carbons (Fsp3) is 0.280. The summed E-state index contributed by atoms with van der Waals surface area (Å²) in [5, 5.41) is 3.37. The van der Waals surface area contributed by atoms with Crippen LogP contribution in [-0.4, -0.2) is 18.7 Å². The first-order chi connectivity index (χ1) is 13.7. The molecule has 1 aliphatic rings. The lowest BCUT2D eigenvalue weighted by Crippen LogP contribution is -2.10. The van der Waals surface area contributed by atoms with Gasteiger partial charge in [-0.25, -0.2) is 0 Å². The molecule has 1 N–H and O–H groups in total. The average Bonchev–Trinajstić information content (AvgIpc) is 3.29. The predicted molar refractivity (Wildman–Crippen MR) is 118 cm³/mol. The van der Waals surface area contributed by atoms with Crippen LogP contribution in [-0.2, 0) is 4.74 Å². The van der Waals surface area contributed by atoms with Crippen molar-refractivity contribution in [3.8, 4) is 0 Å². The average molecular weight is 394 g/mol. The van der Waals surface area contributed by atoms with E-state index in [0.29, 0.717) is 0 Å². The molecule has 3 aromatic carbocycles. The van der Waals surface area contributed by atoms with Crippen LogP contribution >= 0.6 is 11.6 Å². The molecule has 1 aliphatic heterocycles. The molecule has 1 fully saturated rings. The first kappa shape index (κ1) is 20.6. The Morgan fingerprint density at radius 2 is 1.32 bits per heavy atom. The van der Waals surface area contributed by atoms with Crippen molar-refractivity contribution < 1.29 is 4.74 Å². The predicted octanol–water partition coefficient (Wildman–Crippen LogP) is 6.14. The van der Waals surface area contributed by atoms with Gasteiger partial charge in [0.15, 0.2) is 0 Å². The number of nitrogens with one attached hydrogen (secondary N) is 1. The maximum absolute atomic E-state index is 5.95. The summed E-state index contributed by atoms with van der Waals surface area (Å²) in [6, 6.07) is 31.0. The van der Waals surface area contributed by atoms with Crippen LogP contribution < -0.4 is 5.32 Å². The molecule has 4 rings (SSSR count). The van der Waals surface area contributed by atoms with Crippen molar-refractivity contribution >= 4 is 11.6 Å². The molecule has 1 saturated heterocycles. The number of alkyl halides is 1. The van der Waals surface area contributed by atoms with Crippen molar-refractivity contribution in [3.63, 3.8) is 0 Å². The van der Waals surface area contributed by atoms with Gasteiger partial charge in [-0.3, -0.25) is 0 Å². The van der Waals surface area contributed by atoms with Crippen molar-refractivity contribution in [1.29, 1.82) is 0 Å². The van der Waals surface area contributed by atoms with Gasteiger partial charge in [-0.05, 0) is 42.5 Å². The zero-order chi connectivity index (χ0) is 19.6. The van der Waals surface area contributed by atoms with Crippen molar-refractivity contribution in [2.24, 2.45) is 0 Å². The fourth-order valence-electron chi connectivity index (χ4n) is 3.46. The van der Waals surface area contributed by atoms with Crippen molar-refractivity contribution in [1.82, 2.24) is 5.32 Å². The normalized spacial score (nSPS) is 17.0. The Hall–Kier alpha value is -2.13. The summed E-state index contributed by atoms with van der Waals surface area (Å²) in [6.07, 6.45) is 1.19. The van der Waals surface area contributed by atoms with Gasteiger partial charge in [-0.2, -0.15) is 0 Å². The zero-order valence-electron chi connectivity index (χ0n) is 16.3. The highest BCUT2D eigenvalue weighted by molar-refractivity contribution is 6.19. The third-order valence-electron chi connectivity index (χ3n) is 4.86. The monoisotopic (exact) mass is 393 g/mol. The Morgan fingerprint density at radius 3 is 1.75 bits per heavy atom. The number of benzene rings is 3. The minimum absolute atomic E-state index is 0.107. The maximum Gasteiger partial charge on any atom is 0.129 e. The summed E-state index contributed by atoms with van der Waals surface area (Å²) in [6.45, 7) is 4.17. The maximum atomic E-state index is 5.95. The highest BCUT2D eigenvalue weighted by Crippen LogP contribution is 2.27. The van der Waals surface area contributed by atoms with Crippen LogP contribution in [0.5, 0.6) is 0 Å². The van der Waals surface area contributed by atoms with E-state index in [-0.39, 0.29) is 11.7 Å². The van der Waals surface area contributed by atoms with E-state index in [9.17, 15) is 0 Å². The molecule has 0 radical (unpaired) electrons. The van der Waals surface area contributed by atoms with Crippen molar-refractivity contribution in [2.75, 3.05) is 13.1 Å². The summed E-state index contributed by atoms with van der Waals surface area (Å²) < 4.78 is 5.79. The molecular weight excluding hydrogens is 366 g/mol. The van der Waals surface area contributed by atoms with E-state index < -0.39 is 0 Å². The highest BCUT2D eigenvalue weighted by atomic mass is 35.5. The number of rotatable bonds is 5. The third kappa shape index (κ3) is 6.20. The summed E-state index contributed by atoms with van der Waals surface area (Å²) >= 11 is 5.95. The second kappa shape index (κ2) is 11.0. The molecule has 3 heteroatoms. The molecule has 2 nitrogen and oxygen atoms in total. The minimum Gasteiger partial charge on any atom is -0.350 e. The van der Waals surface area contributed by atoms with Crippen LogP contribution in [0, 0.1) is 0 Å². The molecule has 0 spiro atoms.